The Morgan fingerprint density at radius 1 is 0.550 bits per heavy atom. The first-order valence-corrected chi connectivity index (χ1v) is 20.8. The lowest BCUT2D eigenvalue weighted by atomic mass is 10.1. The standard InChI is InChI=1S/C24H31FN4O3.C21H26FN3O3/c25-22-18-20(6-9-23(22)29-10-2-1-3-11-29)27-24(30)26-19-4-7-21(8-5-19)32-17-14-28-12-15-31-16-13-28;1-27-13-14-28-18-8-5-16(6-9-18)23-21(26)24-17-7-10-20(19(22)15-17)25-11-3-2-4-12-25/h4-9,18H,1-3,10-17H2,(H2,26,27,30);5-10,15H,2-4,11-14H2,1H3,(H2,23,24,26). The van der Waals surface area contributed by atoms with Gasteiger partial charge in [-0.3, -0.25) is 4.90 Å². The third kappa shape index (κ3) is 14.0. The molecule has 0 unspecified atom stereocenters. The van der Waals surface area contributed by atoms with Crippen molar-refractivity contribution in [1.29, 1.82) is 0 Å². The summed E-state index contributed by atoms with van der Waals surface area (Å²) in [6, 6.07) is 23.0. The van der Waals surface area contributed by atoms with E-state index in [0.717, 1.165) is 90.5 Å². The first kappa shape index (κ1) is 43.9. The minimum atomic E-state index is -0.432. The highest BCUT2D eigenvalue weighted by atomic mass is 19.1. The van der Waals surface area contributed by atoms with E-state index >= 15 is 0 Å². The first-order chi connectivity index (χ1) is 29.3. The Bertz CT molecular complexity index is 1940. The molecule has 0 aliphatic carbocycles. The third-order valence-electron chi connectivity index (χ3n) is 10.4. The van der Waals surface area contributed by atoms with Crippen LogP contribution in [-0.4, -0.2) is 103 Å². The van der Waals surface area contributed by atoms with Gasteiger partial charge in [-0.15, -0.1) is 0 Å². The van der Waals surface area contributed by atoms with Gasteiger partial charge in [0.1, 0.15) is 36.3 Å². The van der Waals surface area contributed by atoms with Crippen molar-refractivity contribution in [1.82, 2.24) is 4.90 Å². The molecule has 3 fully saturated rings. The van der Waals surface area contributed by atoms with E-state index in [-0.39, 0.29) is 11.6 Å². The molecule has 0 spiro atoms. The molecule has 0 saturated carbocycles. The molecule has 4 amide bonds. The lowest BCUT2D eigenvalue weighted by Gasteiger charge is -2.29. The zero-order chi connectivity index (χ0) is 41.9. The van der Waals surface area contributed by atoms with E-state index in [9.17, 15) is 18.4 Å². The van der Waals surface area contributed by atoms with Gasteiger partial charge >= 0.3 is 12.1 Å². The summed E-state index contributed by atoms with van der Waals surface area (Å²) < 4.78 is 50.5. The van der Waals surface area contributed by atoms with E-state index in [1.807, 2.05) is 12.1 Å². The van der Waals surface area contributed by atoms with Crippen LogP contribution in [0.2, 0.25) is 0 Å². The Balaban J connectivity index is 0.000000203. The first-order valence-electron chi connectivity index (χ1n) is 20.8. The smallest absolute Gasteiger partial charge is 0.323 e. The molecular weight excluding hydrogens is 773 g/mol. The molecule has 0 radical (unpaired) electrons. The van der Waals surface area contributed by atoms with Gasteiger partial charge in [0, 0.05) is 75.7 Å². The van der Waals surface area contributed by atoms with Crippen molar-refractivity contribution in [3.8, 4) is 11.5 Å². The Morgan fingerprint density at radius 2 is 0.967 bits per heavy atom. The molecule has 4 aromatic rings. The third-order valence-corrected chi connectivity index (χ3v) is 10.4. The maximum atomic E-state index is 14.5. The summed E-state index contributed by atoms with van der Waals surface area (Å²) in [6.45, 7) is 9.34. The van der Waals surface area contributed by atoms with E-state index in [2.05, 4.69) is 36.0 Å². The predicted molar refractivity (Wildman–Crippen MR) is 233 cm³/mol. The van der Waals surface area contributed by atoms with Crippen LogP contribution in [0.1, 0.15) is 38.5 Å². The number of morpholine rings is 1. The fraction of sp³-hybridized carbons (Fsp3) is 0.422. The number of nitrogens with one attached hydrogen (secondary N) is 4. The Hall–Kier alpha value is -5.64. The number of halogens is 2. The number of methoxy groups -OCH3 is 1. The van der Waals surface area contributed by atoms with E-state index in [1.165, 1.54) is 25.0 Å². The fourth-order valence-corrected chi connectivity index (χ4v) is 7.17. The summed E-state index contributed by atoms with van der Waals surface area (Å²) in [5.41, 5.74) is 3.27. The van der Waals surface area contributed by atoms with Crippen molar-refractivity contribution in [2.45, 2.75) is 38.5 Å². The van der Waals surface area contributed by atoms with Gasteiger partial charge in [-0.1, -0.05) is 0 Å². The summed E-state index contributed by atoms with van der Waals surface area (Å²) in [5, 5.41) is 10.8. The van der Waals surface area contributed by atoms with Gasteiger partial charge in [-0.2, -0.15) is 0 Å². The number of nitrogens with zero attached hydrogens (tertiary/aromatic N) is 3. The van der Waals surface area contributed by atoms with Crippen molar-refractivity contribution in [2.75, 3.05) is 117 Å². The zero-order valence-corrected chi connectivity index (χ0v) is 34.4. The SMILES string of the molecule is COCCOc1ccc(NC(=O)Nc2ccc(N3CCCCC3)c(F)c2)cc1.O=C(Nc1ccc(OCCN2CCOCC2)cc1)Nc1ccc(N2CCCCC2)c(F)c1. The van der Waals surface area contributed by atoms with Crippen LogP contribution in [0.4, 0.5) is 52.5 Å². The van der Waals surface area contributed by atoms with E-state index < -0.39 is 12.1 Å². The summed E-state index contributed by atoms with van der Waals surface area (Å²) in [6.07, 6.45) is 6.72. The molecule has 3 saturated heterocycles. The summed E-state index contributed by atoms with van der Waals surface area (Å²) in [4.78, 5) is 30.9. The molecule has 4 aromatic carbocycles. The summed E-state index contributed by atoms with van der Waals surface area (Å²) >= 11 is 0. The van der Waals surface area contributed by atoms with Crippen molar-refractivity contribution in [2.24, 2.45) is 0 Å². The molecule has 3 aliphatic rings. The monoisotopic (exact) mass is 829 g/mol. The average molecular weight is 830 g/mol. The molecule has 0 atom stereocenters. The molecule has 322 valence electrons. The van der Waals surface area contributed by atoms with Crippen LogP contribution in [0.25, 0.3) is 0 Å². The number of anilines is 6. The molecule has 60 heavy (non-hydrogen) atoms. The second kappa shape index (κ2) is 23.2. The largest absolute Gasteiger partial charge is 0.492 e. The Morgan fingerprint density at radius 3 is 1.40 bits per heavy atom. The van der Waals surface area contributed by atoms with Crippen LogP contribution >= 0.6 is 0 Å². The van der Waals surface area contributed by atoms with E-state index in [4.69, 9.17) is 18.9 Å². The van der Waals surface area contributed by atoms with Gasteiger partial charge in [0.15, 0.2) is 0 Å². The second-order valence-corrected chi connectivity index (χ2v) is 14.8. The Labute approximate surface area is 351 Å². The van der Waals surface area contributed by atoms with Crippen LogP contribution in [-0.2, 0) is 9.47 Å². The molecule has 0 aromatic heterocycles. The number of carbonyl (C=O) groups is 2. The zero-order valence-electron chi connectivity index (χ0n) is 34.4. The van der Waals surface area contributed by atoms with Crippen molar-refractivity contribution < 1.29 is 37.3 Å². The number of hydrogen-bond acceptors (Lipinski definition) is 9. The van der Waals surface area contributed by atoms with Gasteiger partial charge < -0.3 is 50.0 Å². The number of ether oxygens (including phenoxy) is 4. The fourth-order valence-electron chi connectivity index (χ4n) is 7.17. The van der Waals surface area contributed by atoms with Gasteiger partial charge in [0.25, 0.3) is 0 Å². The minimum Gasteiger partial charge on any atom is -0.492 e. The minimum absolute atomic E-state index is 0.316. The van der Waals surface area contributed by atoms with Crippen molar-refractivity contribution in [3.63, 3.8) is 0 Å². The van der Waals surface area contributed by atoms with E-state index in [1.54, 1.807) is 67.8 Å². The molecule has 7 rings (SSSR count). The van der Waals surface area contributed by atoms with E-state index in [0.29, 0.717) is 59.7 Å². The van der Waals surface area contributed by atoms with Crippen molar-refractivity contribution >= 4 is 46.2 Å². The van der Waals surface area contributed by atoms with Gasteiger partial charge in [-0.25, -0.2) is 18.4 Å². The van der Waals surface area contributed by atoms with Crippen LogP contribution in [0.5, 0.6) is 11.5 Å². The van der Waals surface area contributed by atoms with Crippen LogP contribution in [0.3, 0.4) is 0 Å². The molecule has 0 bridgehead atoms. The predicted octanol–water partition coefficient (Wildman–Crippen LogP) is 8.66. The quantitative estimate of drug-likeness (QED) is 0.0924. The average Bonchev–Trinajstić information content (AvgIpc) is 3.26. The number of carbonyl (C=O) groups excluding carboxylic acids is 2. The molecule has 13 nitrogen and oxygen atoms in total. The van der Waals surface area contributed by atoms with Gasteiger partial charge in [0.2, 0.25) is 0 Å². The van der Waals surface area contributed by atoms with Gasteiger partial charge in [-0.05, 0) is 123 Å². The number of rotatable bonds is 14. The highest BCUT2D eigenvalue weighted by molar-refractivity contribution is 6.00. The number of benzene rings is 4. The van der Waals surface area contributed by atoms with Crippen LogP contribution < -0.4 is 40.5 Å². The van der Waals surface area contributed by atoms with Crippen LogP contribution in [0, 0.1) is 11.6 Å². The highest BCUT2D eigenvalue weighted by Crippen LogP contribution is 2.28. The molecule has 15 heteroatoms. The molecule has 4 N–H and O–H groups in total. The van der Waals surface area contributed by atoms with Gasteiger partial charge in [0.05, 0.1) is 31.2 Å². The number of hydrogen-bond donors (Lipinski definition) is 4. The maximum Gasteiger partial charge on any atom is 0.323 e. The maximum absolute atomic E-state index is 14.5. The Kier molecular flexibility index (Phi) is 17.0. The number of piperidine rings is 2. The lowest BCUT2D eigenvalue weighted by molar-refractivity contribution is 0.0322. The number of urea groups is 2. The lowest BCUT2D eigenvalue weighted by Crippen LogP contribution is -2.38. The topological polar surface area (TPSA) is 129 Å². The molecular formula is C45H57F2N7O6. The summed E-state index contributed by atoms with van der Waals surface area (Å²) in [5.74, 6) is 0.804. The second-order valence-electron chi connectivity index (χ2n) is 14.8. The summed E-state index contributed by atoms with van der Waals surface area (Å²) in [7, 11) is 1.61. The van der Waals surface area contributed by atoms with Crippen molar-refractivity contribution in [3.05, 3.63) is 96.6 Å². The number of amides is 4. The van der Waals surface area contributed by atoms with Crippen LogP contribution in [0.15, 0.2) is 84.9 Å². The molecule has 3 heterocycles. The highest BCUT2D eigenvalue weighted by Gasteiger charge is 2.17. The normalized spacial score (nSPS) is 15.6. The molecule has 3 aliphatic heterocycles.